The van der Waals surface area contributed by atoms with Crippen LogP contribution in [0, 0.1) is 6.92 Å². The van der Waals surface area contributed by atoms with Crippen LogP contribution in [0.4, 0.5) is 0 Å². The number of benzene rings is 1. The topological polar surface area (TPSA) is 34.4 Å². The number of aryl methyl sites for hydroxylation is 1. The minimum atomic E-state index is 0.199. The number of furan rings is 1. The lowest BCUT2D eigenvalue weighted by Crippen LogP contribution is -2.24. The Labute approximate surface area is 122 Å². The van der Waals surface area contributed by atoms with Crippen molar-refractivity contribution in [2.45, 2.75) is 19.9 Å². The Balaban J connectivity index is 1.75. The summed E-state index contributed by atoms with van der Waals surface area (Å²) < 4.78 is 12.2. The van der Waals surface area contributed by atoms with Crippen LogP contribution in [0.2, 0.25) is 0 Å². The lowest BCUT2D eigenvalue weighted by atomic mass is 10.2. The van der Waals surface area contributed by atoms with Crippen molar-refractivity contribution in [2.75, 3.05) is 13.2 Å². The van der Waals surface area contributed by atoms with Crippen molar-refractivity contribution in [2.24, 2.45) is 0 Å². The van der Waals surface area contributed by atoms with Crippen molar-refractivity contribution in [3.05, 3.63) is 52.4 Å². The van der Waals surface area contributed by atoms with Gasteiger partial charge in [0.25, 0.3) is 0 Å². The number of ether oxygens (including phenoxy) is 1. The maximum Gasteiger partial charge on any atom is 0.122 e. The summed E-state index contributed by atoms with van der Waals surface area (Å²) in [5.74, 6) is 1.87. The average molecular weight is 324 g/mol. The molecule has 0 fully saturated rings. The van der Waals surface area contributed by atoms with E-state index in [1.165, 1.54) is 0 Å². The maximum atomic E-state index is 5.75. The van der Waals surface area contributed by atoms with Crippen molar-refractivity contribution in [1.29, 1.82) is 0 Å². The van der Waals surface area contributed by atoms with E-state index in [-0.39, 0.29) is 6.04 Å². The fourth-order valence-electron chi connectivity index (χ4n) is 1.85. The molecule has 1 atom stereocenters. The number of halogens is 1. The molecule has 0 aliphatic carbocycles. The number of nitrogens with one attached hydrogen (secondary N) is 1. The lowest BCUT2D eigenvalue weighted by molar-refractivity contribution is 0.300. The van der Waals surface area contributed by atoms with E-state index in [0.29, 0.717) is 6.61 Å². The SMILES string of the molecule is Cc1cc(Br)ccc1OCCNC(C)c1ccco1. The molecule has 1 aromatic heterocycles. The molecule has 4 heteroatoms. The van der Waals surface area contributed by atoms with Gasteiger partial charge in [0.15, 0.2) is 0 Å². The van der Waals surface area contributed by atoms with Crippen LogP contribution in [0.25, 0.3) is 0 Å². The van der Waals surface area contributed by atoms with Gasteiger partial charge in [-0.1, -0.05) is 15.9 Å². The van der Waals surface area contributed by atoms with Gasteiger partial charge in [0.05, 0.1) is 12.3 Å². The number of rotatable bonds is 6. The molecule has 1 aromatic carbocycles. The summed E-state index contributed by atoms with van der Waals surface area (Å²) in [5.41, 5.74) is 1.13. The van der Waals surface area contributed by atoms with Crippen molar-refractivity contribution in [3.63, 3.8) is 0 Å². The van der Waals surface area contributed by atoms with E-state index in [2.05, 4.69) is 28.2 Å². The summed E-state index contributed by atoms with van der Waals surface area (Å²) >= 11 is 3.44. The predicted octanol–water partition coefficient (Wildman–Crippen LogP) is 4.08. The monoisotopic (exact) mass is 323 g/mol. The highest BCUT2D eigenvalue weighted by atomic mass is 79.9. The first kappa shape index (κ1) is 14.2. The summed E-state index contributed by atoms with van der Waals surface area (Å²) in [6.45, 7) is 5.52. The molecule has 1 heterocycles. The van der Waals surface area contributed by atoms with Crippen LogP contribution in [-0.2, 0) is 0 Å². The fourth-order valence-corrected chi connectivity index (χ4v) is 2.32. The zero-order valence-electron chi connectivity index (χ0n) is 11.2. The first-order chi connectivity index (χ1) is 9.16. The van der Waals surface area contributed by atoms with Crippen LogP contribution in [-0.4, -0.2) is 13.2 Å². The van der Waals surface area contributed by atoms with Crippen LogP contribution >= 0.6 is 15.9 Å². The molecule has 2 rings (SSSR count). The summed E-state index contributed by atoms with van der Waals surface area (Å²) in [4.78, 5) is 0. The van der Waals surface area contributed by atoms with E-state index in [4.69, 9.17) is 9.15 Å². The second-order valence-electron chi connectivity index (χ2n) is 4.45. The summed E-state index contributed by atoms with van der Waals surface area (Å²) in [6, 6.07) is 10.1. The quantitative estimate of drug-likeness (QED) is 0.813. The highest BCUT2D eigenvalue weighted by Crippen LogP contribution is 2.22. The molecule has 0 spiro atoms. The third kappa shape index (κ3) is 4.11. The Morgan fingerprint density at radius 2 is 2.21 bits per heavy atom. The molecule has 102 valence electrons. The Kier molecular flexibility index (Phi) is 5.05. The lowest BCUT2D eigenvalue weighted by Gasteiger charge is -2.13. The molecule has 2 aromatic rings. The van der Waals surface area contributed by atoms with Gasteiger partial charge < -0.3 is 14.5 Å². The van der Waals surface area contributed by atoms with Crippen LogP contribution < -0.4 is 10.1 Å². The van der Waals surface area contributed by atoms with Gasteiger partial charge in [0.2, 0.25) is 0 Å². The van der Waals surface area contributed by atoms with Gasteiger partial charge in [-0.15, -0.1) is 0 Å². The van der Waals surface area contributed by atoms with Gasteiger partial charge in [-0.25, -0.2) is 0 Å². The van der Waals surface area contributed by atoms with E-state index in [1.807, 2.05) is 37.3 Å². The molecular formula is C15H18BrNO2. The first-order valence-electron chi connectivity index (χ1n) is 6.32. The van der Waals surface area contributed by atoms with Gasteiger partial charge in [-0.2, -0.15) is 0 Å². The second-order valence-corrected chi connectivity index (χ2v) is 5.37. The summed E-state index contributed by atoms with van der Waals surface area (Å²) in [7, 11) is 0. The Morgan fingerprint density at radius 3 is 2.89 bits per heavy atom. The molecule has 0 radical (unpaired) electrons. The van der Waals surface area contributed by atoms with E-state index in [9.17, 15) is 0 Å². The number of hydrogen-bond donors (Lipinski definition) is 1. The third-order valence-corrected chi connectivity index (χ3v) is 3.41. The van der Waals surface area contributed by atoms with Gasteiger partial charge in [-0.3, -0.25) is 0 Å². The first-order valence-corrected chi connectivity index (χ1v) is 7.12. The van der Waals surface area contributed by atoms with E-state index >= 15 is 0 Å². The Hall–Kier alpha value is -1.26. The Bertz CT molecular complexity index is 511. The average Bonchev–Trinajstić information content (AvgIpc) is 2.90. The van der Waals surface area contributed by atoms with Gasteiger partial charge in [0.1, 0.15) is 18.1 Å². The molecule has 1 unspecified atom stereocenters. The van der Waals surface area contributed by atoms with E-state index in [0.717, 1.165) is 28.1 Å². The zero-order chi connectivity index (χ0) is 13.7. The van der Waals surface area contributed by atoms with Gasteiger partial charge >= 0.3 is 0 Å². The zero-order valence-corrected chi connectivity index (χ0v) is 12.7. The molecule has 0 aliphatic heterocycles. The molecule has 3 nitrogen and oxygen atoms in total. The van der Waals surface area contributed by atoms with Crippen molar-refractivity contribution >= 4 is 15.9 Å². The maximum absolute atomic E-state index is 5.75. The minimum absolute atomic E-state index is 0.199. The summed E-state index contributed by atoms with van der Waals surface area (Å²) in [5, 5.41) is 3.36. The predicted molar refractivity (Wildman–Crippen MR) is 79.5 cm³/mol. The molecule has 0 bridgehead atoms. The van der Waals surface area contributed by atoms with E-state index in [1.54, 1.807) is 6.26 Å². The second kappa shape index (κ2) is 6.78. The smallest absolute Gasteiger partial charge is 0.122 e. The third-order valence-electron chi connectivity index (χ3n) is 2.92. The number of hydrogen-bond acceptors (Lipinski definition) is 3. The van der Waals surface area contributed by atoms with Crippen LogP contribution in [0.1, 0.15) is 24.3 Å². The molecule has 0 aliphatic rings. The fraction of sp³-hybridized carbons (Fsp3) is 0.333. The van der Waals surface area contributed by atoms with Crippen LogP contribution in [0.5, 0.6) is 5.75 Å². The molecule has 19 heavy (non-hydrogen) atoms. The van der Waals surface area contributed by atoms with Crippen molar-refractivity contribution < 1.29 is 9.15 Å². The summed E-state index contributed by atoms with van der Waals surface area (Å²) in [6.07, 6.45) is 1.69. The van der Waals surface area contributed by atoms with Gasteiger partial charge in [0, 0.05) is 11.0 Å². The van der Waals surface area contributed by atoms with Crippen LogP contribution in [0.3, 0.4) is 0 Å². The van der Waals surface area contributed by atoms with Gasteiger partial charge in [-0.05, 0) is 49.7 Å². The largest absolute Gasteiger partial charge is 0.492 e. The Morgan fingerprint density at radius 1 is 1.37 bits per heavy atom. The molecular weight excluding hydrogens is 306 g/mol. The van der Waals surface area contributed by atoms with E-state index < -0.39 is 0 Å². The molecule has 1 N–H and O–H groups in total. The minimum Gasteiger partial charge on any atom is -0.492 e. The normalized spacial score (nSPS) is 12.4. The molecule has 0 saturated heterocycles. The molecule has 0 amide bonds. The van der Waals surface area contributed by atoms with Crippen molar-refractivity contribution in [3.8, 4) is 5.75 Å². The highest BCUT2D eigenvalue weighted by Gasteiger charge is 2.06. The van der Waals surface area contributed by atoms with Crippen LogP contribution in [0.15, 0.2) is 45.5 Å². The highest BCUT2D eigenvalue weighted by molar-refractivity contribution is 9.10. The van der Waals surface area contributed by atoms with Crippen molar-refractivity contribution in [1.82, 2.24) is 5.32 Å². The standard InChI is InChI=1S/C15H18BrNO2/c1-11-10-13(16)5-6-14(11)19-9-7-17-12(2)15-4-3-8-18-15/h3-6,8,10,12,17H,7,9H2,1-2H3. The molecule has 0 saturated carbocycles.